The number of methoxy groups -OCH3 is 1. The number of hydrogen-bond acceptors (Lipinski definition) is 1. The summed E-state index contributed by atoms with van der Waals surface area (Å²) in [5.74, 6) is 0.870. The van der Waals surface area contributed by atoms with Gasteiger partial charge in [-0.15, -0.1) is 0 Å². The molecule has 0 spiro atoms. The highest BCUT2D eigenvalue weighted by atomic mass is 16.5. The first kappa shape index (κ1) is 19.6. The summed E-state index contributed by atoms with van der Waals surface area (Å²) in [6.45, 7) is 0. The maximum atomic E-state index is 5.43. The van der Waals surface area contributed by atoms with Crippen LogP contribution in [0.25, 0.3) is 44.5 Å². The van der Waals surface area contributed by atoms with Crippen LogP contribution in [0.2, 0.25) is 0 Å². The van der Waals surface area contributed by atoms with Gasteiger partial charge in [0.1, 0.15) is 5.75 Å². The van der Waals surface area contributed by atoms with Gasteiger partial charge in [-0.3, -0.25) is 0 Å². The van der Waals surface area contributed by atoms with Gasteiger partial charge in [0, 0.05) is 0 Å². The van der Waals surface area contributed by atoms with Crippen LogP contribution >= 0.6 is 0 Å². The van der Waals surface area contributed by atoms with Gasteiger partial charge in [0.15, 0.2) is 0 Å². The van der Waals surface area contributed by atoms with E-state index in [1.54, 1.807) is 7.11 Å². The van der Waals surface area contributed by atoms with Gasteiger partial charge < -0.3 is 4.74 Å². The van der Waals surface area contributed by atoms with Gasteiger partial charge in [-0.2, -0.15) is 0 Å². The second kappa shape index (κ2) is 8.11. The van der Waals surface area contributed by atoms with Gasteiger partial charge in [0.2, 0.25) is 0 Å². The van der Waals surface area contributed by atoms with Crippen molar-refractivity contribution < 1.29 is 4.74 Å². The van der Waals surface area contributed by atoms with Crippen molar-refractivity contribution in [3.05, 3.63) is 126 Å². The Balaban J connectivity index is 1.73. The zero-order chi connectivity index (χ0) is 22.2. The Morgan fingerprint density at radius 3 is 1.79 bits per heavy atom. The molecule has 0 saturated heterocycles. The molecule has 5 aromatic carbocycles. The van der Waals surface area contributed by atoms with Gasteiger partial charge in [-0.05, 0) is 80.3 Å². The van der Waals surface area contributed by atoms with Crippen molar-refractivity contribution in [3.63, 3.8) is 0 Å². The van der Waals surface area contributed by atoms with Crippen molar-refractivity contribution in [2.75, 3.05) is 7.11 Å². The molecule has 6 rings (SSSR count). The molecule has 1 nitrogen and oxygen atoms in total. The Labute approximate surface area is 194 Å². The molecule has 1 aliphatic rings. The second-order valence-electron chi connectivity index (χ2n) is 8.49. The number of benzene rings is 5. The van der Waals surface area contributed by atoms with Crippen molar-refractivity contribution in [2.24, 2.45) is 0 Å². The van der Waals surface area contributed by atoms with Crippen molar-refractivity contribution in [1.82, 2.24) is 0 Å². The fraction of sp³-hybridized carbons (Fsp3) is 0.0625. The summed E-state index contributed by atoms with van der Waals surface area (Å²) in [6.07, 6.45) is 0.957. The van der Waals surface area contributed by atoms with Gasteiger partial charge in [0.25, 0.3) is 0 Å². The zero-order valence-electron chi connectivity index (χ0n) is 18.6. The van der Waals surface area contributed by atoms with Crippen LogP contribution in [0.5, 0.6) is 5.75 Å². The minimum absolute atomic E-state index is 0.870. The lowest BCUT2D eigenvalue weighted by atomic mass is 9.82. The molecule has 5 aromatic rings. The van der Waals surface area contributed by atoms with Gasteiger partial charge in [-0.25, -0.2) is 0 Å². The predicted octanol–water partition coefficient (Wildman–Crippen LogP) is 8.27. The maximum Gasteiger partial charge on any atom is 0.118 e. The third kappa shape index (κ3) is 3.34. The lowest BCUT2D eigenvalue weighted by Gasteiger charge is -2.21. The quantitative estimate of drug-likeness (QED) is 0.277. The average molecular weight is 425 g/mol. The SMILES string of the molecule is COc1ccc(-c2cc3c(c(-c4ccccc4)c2-c2ccccc2)Cc2ccccc2-3)cc1. The molecule has 0 fully saturated rings. The second-order valence-corrected chi connectivity index (χ2v) is 8.49. The van der Waals surface area contributed by atoms with E-state index >= 15 is 0 Å². The summed E-state index contributed by atoms with van der Waals surface area (Å²) in [7, 11) is 1.71. The van der Waals surface area contributed by atoms with Gasteiger partial charge >= 0.3 is 0 Å². The highest BCUT2D eigenvalue weighted by Gasteiger charge is 2.27. The van der Waals surface area contributed by atoms with E-state index < -0.39 is 0 Å². The Bertz CT molecular complexity index is 1430. The fourth-order valence-corrected chi connectivity index (χ4v) is 5.10. The van der Waals surface area contributed by atoms with E-state index in [4.69, 9.17) is 4.74 Å². The molecule has 0 aromatic heterocycles. The normalized spacial score (nSPS) is 11.7. The van der Waals surface area contributed by atoms with E-state index in [9.17, 15) is 0 Å². The molecule has 0 atom stereocenters. The summed E-state index contributed by atoms with van der Waals surface area (Å²) >= 11 is 0. The molecular weight excluding hydrogens is 400 g/mol. The van der Waals surface area contributed by atoms with E-state index in [2.05, 4.69) is 103 Å². The van der Waals surface area contributed by atoms with Crippen LogP contribution in [0.4, 0.5) is 0 Å². The summed E-state index contributed by atoms with van der Waals surface area (Å²) < 4.78 is 5.43. The minimum Gasteiger partial charge on any atom is -0.497 e. The highest BCUT2D eigenvalue weighted by molar-refractivity contribution is 6.01. The summed E-state index contributed by atoms with van der Waals surface area (Å²) in [4.78, 5) is 0. The minimum atomic E-state index is 0.870. The lowest BCUT2D eigenvalue weighted by Crippen LogP contribution is -1.97. The van der Waals surface area contributed by atoms with Crippen molar-refractivity contribution in [1.29, 1.82) is 0 Å². The monoisotopic (exact) mass is 424 g/mol. The Hall–Kier alpha value is -4.10. The first-order valence-corrected chi connectivity index (χ1v) is 11.4. The standard InChI is InChI=1S/C32H24O/c1-33-26-18-16-22(17-19-26)28-21-29-27-15-9-8-14-25(27)20-30(29)32(24-12-6-3-7-13-24)31(28)23-10-4-2-5-11-23/h2-19,21H,20H2,1H3. The summed E-state index contributed by atoms with van der Waals surface area (Å²) in [5.41, 5.74) is 13.1. The van der Waals surface area contributed by atoms with Crippen molar-refractivity contribution in [3.8, 4) is 50.3 Å². The topological polar surface area (TPSA) is 9.23 Å². The van der Waals surface area contributed by atoms with Crippen LogP contribution < -0.4 is 4.74 Å². The maximum absolute atomic E-state index is 5.43. The van der Waals surface area contributed by atoms with E-state index in [0.717, 1.165) is 12.2 Å². The van der Waals surface area contributed by atoms with E-state index in [0.29, 0.717) is 0 Å². The molecule has 33 heavy (non-hydrogen) atoms. The largest absolute Gasteiger partial charge is 0.497 e. The molecule has 0 heterocycles. The van der Waals surface area contributed by atoms with E-state index in [1.165, 1.54) is 55.6 Å². The number of rotatable bonds is 4. The predicted molar refractivity (Wildman–Crippen MR) is 138 cm³/mol. The Morgan fingerprint density at radius 2 is 1.12 bits per heavy atom. The van der Waals surface area contributed by atoms with Crippen LogP contribution in [-0.2, 0) is 6.42 Å². The van der Waals surface area contributed by atoms with E-state index in [1.807, 2.05) is 12.1 Å². The van der Waals surface area contributed by atoms with Gasteiger partial charge in [-0.1, -0.05) is 97.1 Å². The molecule has 1 aliphatic carbocycles. The van der Waals surface area contributed by atoms with Gasteiger partial charge in [0.05, 0.1) is 7.11 Å². The molecule has 1 heteroatoms. The lowest BCUT2D eigenvalue weighted by molar-refractivity contribution is 0.415. The van der Waals surface area contributed by atoms with Crippen LogP contribution in [-0.4, -0.2) is 7.11 Å². The van der Waals surface area contributed by atoms with Crippen molar-refractivity contribution in [2.45, 2.75) is 6.42 Å². The van der Waals surface area contributed by atoms with Crippen LogP contribution in [0, 0.1) is 0 Å². The molecule has 0 radical (unpaired) electrons. The summed E-state index contributed by atoms with van der Waals surface area (Å²) in [5, 5.41) is 0. The average Bonchev–Trinajstić information content (AvgIpc) is 3.27. The number of ether oxygens (including phenoxy) is 1. The van der Waals surface area contributed by atoms with Crippen molar-refractivity contribution >= 4 is 0 Å². The first-order valence-electron chi connectivity index (χ1n) is 11.4. The molecule has 0 bridgehead atoms. The molecular formula is C32H24O. The van der Waals surface area contributed by atoms with Crippen LogP contribution in [0.3, 0.4) is 0 Å². The molecule has 0 unspecified atom stereocenters. The Morgan fingerprint density at radius 1 is 0.515 bits per heavy atom. The molecule has 158 valence electrons. The fourth-order valence-electron chi connectivity index (χ4n) is 5.10. The van der Waals surface area contributed by atoms with Crippen LogP contribution in [0.1, 0.15) is 11.1 Å². The number of hydrogen-bond donors (Lipinski definition) is 0. The third-order valence-electron chi connectivity index (χ3n) is 6.64. The molecule has 0 saturated carbocycles. The molecule has 0 N–H and O–H groups in total. The highest BCUT2D eigenvalue weighted by Crippen LogP contribution is 2.50. The van der Waals surface area contributed by atoms with Crippen LogP contribution in [0.15, 0.2) is 115 Å². The first-order chi connectivity index (χ1) is 16.3. The van der Waals surface area contributed by atoms with E-state index in [-0.39, 0.29) is 0 Å². The zero-order valence-corrected chi connectivity index (χ0v) is 18.6. The summed E-state index contributed by atoms with van der Waals surface area (Å²) in [6, 6.07) is 41.3. The molecule has 0 amide bonds. The third-order valence-corrected chi connectivity index (χ3v) is 6.64. The number of fused-ring (bicyclic) bond motifs is 3. The molecule has 0 aliphatic heterocycles. The smallest absolute Gasteiger partial charge is 0.118 e. The Kier molecular flexibility index (Phi) is 4.81.